The Morgan fingerprint density at radius 3 is 2.40 bits per heavy atom. The summed E-state index contributed by atoms with van der Waals surface area (Å²) in [4.78, 5) is 2.33. The molecule has 0 amide bonds. The first kappa shape index (κ1) is 8.02. The Balaban J connectivity index is 2.42. The van der Waals surface area contributed by atoms with Gasteiger partial charge in [-0.15, -0.1) is 0 Å². The van der Waals surface area contributed by atoms with E-state index in [0.717, 1.165) is 12.1 Å². The molecule has 1 N–H and O–H groups in total. The predicted octanol–water partition coefficient (Wildman–Crippen LogP) is 0.688. The third-order valence-electron chi connectivity index (χ3n) is 2.51. The van der Waals surface area contributed by atoms with Crippen LogP contribution in [0.1, 0.15) is 19.3 Å². The lowest BCUT2D eigenvalue weighted by Crippen LogP contribution is -2.41. The zero-order valence-electron chi connectivity index (χ0n) is 7.22. The Morgan fingerprint density at radius 1 is 1.30 bits per heavy atom. The van der Waals surface area contributed by atoms with Crippen LogP contribution in [-0.2, 0) is 0 Å². The van der Waals surface area contributed by atoms with Gasteiger partial charge in [-0.05, 0) is 34.0 Å². The van der Waals surface area contributed by atoms with Crippen LogP contribution in [-0.4, -0.2) is 38.1 Å². The Bertz CT molecular complexity index is 101. The van der Waals surface area contributed by atoms with Crippen molar-refractivity contribution in [2.45, 2.75) is 31.3 Å². The summed E-state index contributed by atoms with van der Waals surface area (Å²) in [6.45, 7) is 0. The summed E-state index contributed by atoms with van der Waals surface area (Å²) in [6, 6.07) is 1.50. The van der Waals surface area contributed by atoms with Crippen molar-refractivity contribution in [1.82, 2.24) is 10.2 Å². The maximum absolute atomic E-state index is 3.35. The molecule has 2 nitrogen and oxygen atoms in total. The molecule has 1 rings (SSSR count). The fraction of sp³-hybridized carbons (Fsp3) is 1.00. The van der Waals surface area contributed by atoms with Crippen molar-refractivity contribution in [2.24, 2.45) is 0 Å². The van der Waals surface area contributed by atoms with Crippen LogP contribution in [0.25, 0.3) is 0 Å². The van der Waals surface area contributed by atoms with Gasteiger partial charge in [0.15, 0.2) is 0 Å². The number of rotatable bonds is 2. The van der Waals surface area contributed by atoms with Crippen LogP contribution in [0.3, 0.4) is 0 Å². The van der Waals surface area contributed by atoms with E-state index >= 15 is 0 Å². The van der Waals surface area contributed by atoms with E-state index in [1.807, 2.05) is 0 Å². The Morgan fingerprint density at radius 2 is 2.00 bits per heavy atom. The van der Waals surface area contributed by atoms with Gasteiger partial charge in [-0.25, -0.2) is 0 Å². The molecule has 1 fully saturated rings. The number of nitrogens with zero attached hydrogens (tertiary/aromatic N) is 1. The van der Waals surface area contributed by atoms with Gasteiger partial charge in [0.25, 0.3) is 0 Å². The van der Waals surface area contributed by atoms with E-state index in [9.17, 15) is 0 Å². The monoisotopic (exact) mass is 142 g/mol. The molecule has 0 spiro atoms. The minimum atomic E-state index is 0.731. The maximum atomic E-state index is 3.35. The number of likely N-dealkylation sites (N-methyl/N-ethyl adjacent to an activating group) is 2. The Kier molecular flexibility index (Phi) is 2.69. The molecule has 0 aromatic heterocycles. The summed E-state index contributed by atoms with van der Waals surface area (Å²) >= 11 is 0. The lowest BCUT2D eigenvalue weighted by molar-refractivity contribution is 0.259. The van der Waals surface area contributed by atoms with Crippen molar-refractivity contribution >= 4 is 0 Å². The second-order valence-corrected chi connectivity index (χ2v) is 3.36. The van der Waals surface area contributed by atoms with Gasteiger partial charge in [0, 0.05) is 12.1 Å². The van der Waals surface area contributed by atoms with Crippen LogP contribution < -0.4 is 5.32 Å². The molecule has 0 radical (unpaired) electrons. The Labute approximate surface area is 63.6 Å². The van der Waals surface area contributed by atoms with E-state index in [2.05, 4.69) is 31.4 Å². The van der Waals surface area contributed by atoms with E-state index in [0.29, 0.717) is 0 Å². The standard InChI is InChI=1S/C8H18N2/c1-9-7-5-4-6-8(7)10(2)3/h7-9H,4-6H2,1-3H3. The molecule has 2 atom stereocenters. The molecule has 0 bridgehead atoms. The number of nitrogens with one attached hydrogen (secondary N) is 1. The van der Waals surface area contributed by atoms with Gasteiger partial charge in [0.1, 0.15) is 0 Å². The second kappa shape index (κ2) is 3.35. The summed E-state index contributed by atoms with van der Waals surface area (Å²) in [5.41, 5.74) is 0. The number of hydrogen-bond donors (Lipinski definition) is 1. The summed E-state index contributed by atoms with van der Waals surface area (Å²) < 4.78 is 0. The molecule has 0 aliphatic heterocycles. The van der Waals surface area contributed by atoms with Crippen LogP contribution in [0.15, 0.2) is 0 Å². The normalized spacial score (nSPS) is 33.6. The predicted molar refractivity (Wildman–Crippen MR) is 44.2 cm³/mol. The first-order valence-corrected chi connectivity index (χ1v) is 4.09. The second-order valence-electron chi connectivity index (χ2n) is 3.36. The van der Waals surface area contributed by atoms with Gasteiger partial charge in [-0.3, -0.25) is 0 Å². The van der Waals surface area contributed by atoms with Crippen LogP contribution in [0.5, 0.6) is 0 Å². The van der Waals surface area contributed by atoms with Crippen LogP contribution in [0.4, 0.5) is 0 Å². The SMILES string of the molecule is CNC1CCCC1N(C)C. The number of hydrogen-bond acceptors (Lipinski definition) is 2. The molecule has 0 saturated heterocycles. The average molecular weight is 142 g/mol. The van der Waals surface area contributed by atoms with E-state index in [4.69, 9.17) is 0 Å². The average Bonchev–Trinajstić information content (AvgIpc) is 2.33. The van der Waals surface area contributed by atoms with E-state index < -0.39 is 0 Å². The molecule has 60 valence electrons. The highest BCUT2D eigenvalue weighted by atomic mass is 15.1. The molecule has 1 saturated carbocycles. The van der Waals surface area contributed by atoms with Crippen molar-refractivity contribution in [3.05, 3.63) is 0 Å². The summed E-state index contributed by atoms with van der Waals surface area (Å²) in [7, 11) is 6.40. The largest absolute Gasteiger partial charge is 0.315 e. The molecule has 2 unspecified atom stereocenters. The Hall–Kier alpha value is -0.0800. The zero-order chi connectivity index (χ0) is 7.56. The molecular formula is C8H18N2. The highest BCUT2D eigenvalue weighted by Gasteiger charge is 2.26. The third kappa shape index (κ3) is 1.50. The van der Waals surface area contributed by atoms with Crippen LogP contribution in [0.2, 0.25) is 0 Å². The molecule has 1 aliphatic rings. The fourth-order valence-electron chi connectivity index (χ4n) is 1.90. The molecular weight excluding hydrogens is 124 g/mol. The van der Waals surface area contributed by atoms with E-state index in [1.54, 1.807) is 0 Å². The van der Waals surface area contributed by atoms with Crippen LogP contribution >= 0.6 is 0 Å². The highest BCUT2D eigenvalue weighted by Crippen LogP contribution is 2.21. The maximum Gasteiger partial charge on any atom is 0.0243 e. The van der Waals surface area contributed by atoms with Gasteiger partial charge in [0.05, 0.1) is 0 Å². The van der Waals surface area contributed by atoms with Gasteiger partial charge < -0.3 is 10.2 Å². The third-order valence-corrected chi connectivity index (χ3v) is 2.51. The summed E-state index contributed by atoms with van der Waals surface area (Å²) in [6.07, 6.45) is 4.09. The molecule has 0 heterocycles. The van der Waals surface area contributed by atoms with Crippen molar-refractivity contribution in [3.8, 4) is 0 Å². The fourth-order valence-corrected chi connectivity index (χ4v) is 1.90. The molecule has 0 aromatic carbocycles. The first-order chi connectivity index (χ1) is 4.75. The van der Waals surface area contributed by atoms with E-state index in [1.165, 1.54) is 19.3 Å². The van der Waals surface area contributed by atoms with E-state index in [-0.39, 0.29) is 0 Å². The molecule has 1 aliphatic carbocycles. The van der Waals surface area contributed by atoms with Gasteiger partial charge in [0.2, 0.25) is 0 Å². The van der Waals surface area contributed by atoms with Gasteiger partial charge in [-0.2, -0.15) is 0 Å². The highest BCUT2D eigenvalue weighted by molar-refractivity contribution is 4.87. The smallest absolute Gasteiger partial charge is 0.0243 e. The van der Waals surface area contributed by atoms with Crippen molar-refractivity contribution in [1.29, 1.82) is 0 Å². The zero-order valence-corrected chi connectivity index (χ0v) is 7.22. The first-order valence-electron chi connectivity index (χ1n) is 4.09. The molecule has 0 aromatic rings. The van der Waals surface area contributed by atoms with Crippen molar-refractivity contribution in [3.63, 3.8) is 0 Å². The lowest BCUT2D eigenvalue weighted by atomic mass is 10.1. The quantitative estimate of drug-likeness (QED) is 0.610. The van der Waals surface area contributed by atoms with Crippen LogP contribution in [0, 0.1) is 0 Å². The minimum absolute atomic E-state index is 0.731. The molecule has 10 heavy (non-hydrogen) atoms. The van der Waals surface area contributed by atoms with Crippen molar-refractivity contribution in [2.75, 3.05) is 21.1 Å². The summed E-state index contributed by atoms with van der Waals surface area (Å²) in [5.74, 6) is 0. The minimum Gasteiger partial charge on any atom is -0.315 e. The van der Waals surface area contributed by atoms with Crippen molar-refractivity contribution < 1.29 is 0 Å². The summed E-state index contributed by atoms with van der Waals surface area (Å²) in [5, 5.41) is 3.35. The van der Waals surface area contributed by atoms with Gasteiger partial charge >= 0.3 is 0 Å². The lowest BCUT2D eigenvalue weighted by Gasteiger charge is -2.25. The topological polar surface area (TPSA) is 15.3 Å². The van der Waals surface area contributed by atoms with Gasteiger partial charge in [-0.1, -0.05) is 6.42 Å². The molecule has 2 heteroatoms.